The highest BCUT2D eigenvalue weighted by molar-refractivity contribution is 7.89. The number of hydrogen-bond acceptors (Lipinski definition) is 5. The van der Waals surface area contributed by atoms with E-state index in [2.05, 4.69) is 5.32 Å². The number of amides is 1. The van der Waals surface area contributed by atoms with E-state index < -0.39 is 20.9 Å². The lowest BCUT2D eigenvalue weighted by Crippen LogP contribution is -2.35. The molecule has 28 heavy (non-hydrogen) atoms. The maximum absolute atomic E-state index is 12.8. The van der Waals surface area contributed by atoms with E-state index in [1.807, 2.05) is 0 Å². The molecule has 0 saturated carbocycles. The van der Waals surface area contributed by atoms with E-state index in [9.17, 15) is 23.3 Å². The van der Waals surface area contributed by atoms with Gasteiger partial charge in [0.2, 0.25) is 10.0 Å². The Hall–Kier alpha value is -2.78. The first-order chi connectivity index (χ1) is 13.4. The number of nitro groups is 1. The van der Waals surface area contributed by atoms with E-state index in [-0.39, 0.29) is 22.7 Å². The van der Waals surface area contributed by atoms with Crippen molar-refractivity contribution in [2.45, 2.75) is 30.7 Å². The van der Waals surface area contributed by atoms with Crippen LogP contribution in [0.3, 0.4) is 0 Å². The molecule has 3 rings (SSSR count). The first-order valence-electron chi connectivity index (χ1n) is 9.00. The Morgan fingerprint density at radius 3 is 2.50 bits per heavy atom. The van der Waals surface area contributed by atoms with Gasteiger partial charge in [-0.3, -0.25) is 14.9 Å². The number of nitrogens with one attached hydrogen (secondary N) is 1. The number of rotatable bonds is 6. The van der Waals surface area contributed by atoms with Gasteiger partial charge in [0.1, 0.15) is 5.56 Å². The number of para-hydroxylation sites is 1. The lowest BCUT2D eigenvalue weighted by atomic mass is 10.1. The average molecular weight is 403 g/mol. The molecule has 1 heterocycles. The Morgan fingerprint density at radius 2 is 1.79 bits per heavy atom. The summed E-state index contributed by atoms with van der Waals surface area (Å²) in [5.41, 5.74) is 0.288. The van der Waals surface area contributed by atoms with E-state index in [0.717, 1.165) is 19.3 Å². The smallest absolute Gasteiger partial charge is 0.282 e. The zero-order valence-electron chi connectivity index (χ0n) is 15.2. The van der Waals surface area contributed by atoms with E-state index in [4.69, 9.17) is 0 Å². The van der Waals surface area contributed by atoms with Crippen LogP contribution < -0.4 is 5.32 Å². The summed E-state index contributed by atoms with van der Waals surface area (Å²) in [6.45, 7) is 1.09. The van der Waals surface area contributed by atoms with E-state index >= 15 is 0 Å². The Kier molecular flexibility index (Phi) is 6.05. The largest absolute Gasteiger partial charge is 0.348 e. The number of piperidine rings is 1. The normalized spacial score (nSPS) is 15.1. The summed E-state index contributed by atoms with van der Waals surface area (Å²) < 4.78 is 27.1. The number of carbonyl (C=O) groups excluding carboxylic acids is 1. The Labute approximate surface area is 163 Å². The van der Waals surface area contributed by atoms with Gasteiger partial charge in [0, 0.05) is 25.7 Å². The molecule has 2 aromatic rings. The van der Waals surface area contributed by atoms with Gasteiger partial charge >= 0.3 is 0 Å². The summed E-state index contributed by atoms with van der Waals surface area (Å²) in [6.07, 6.45) is 2.74. The van der Waals surface area contributed by atoms with Gasteiger partial charge in [-0.15, -0.1) is 0 Å². The zero-order chi connectivity index (χ0) is 20.1. The summed E-state index contributed by atoms with van der Waals surface area (Å²) in [5, 5.41) is 13.7. The van der Waals surface area contributed by atoms with Gasteiger partial charge in [-0.25, -0.2) is 8.42 Å². The lowest BCUT2D eigenvalue weighted by molar-refractivity contribution is -0.385. The molecule has 0 aromatic heterocycles. The lowest BCUT2D eigenvalue weighted by Gasteiger charge is -2.26. The minimum atomic E-state index is -3.56. The van der Waals surface area contributed by atoms with Crippen molar-refractivity contribution in [1.82, 2.24) is 9.62 Å². The third-order valence-electron chi connectivity index (χ3n) is 4.65. The second-order valence-electron chi connectivity index (χ2n) is 6.57. The van der Waals surface area contributed by atoms with Crippen molar-refractivity contribution in [2.75, 3.05) is 13.1 Å². The molecule has 1 saturated heterocycles. The van der Waals surface area contributed by atoms with Crippen LogP contribution in [-0.2, 0) is 16.6 Å². The summed E-state index contributed by atoms with van der Waals surface area (Å²) in [7, 11) is -3.56. The van der Waals surface area contributed by atoms with Crippen LogP contribution in [0.15, 0.2) is 53.4 Å². The molecule has 0 spiro atoms. The number of carbonyl (C=O) groups is 1. The molecule has 1 aliphatic rings. The molecule has 8 nitrogen and oxygen atoms in total. The van der Waals surface area contributed by atoms with Crippen molar-refractivity contribution < 1.29 is 18.1 Å². The summed E-state index contributed by atoms with van der Waals surface area (Å²) >= 11 is 0. The maximum atomic E-state index is 12.8. The zero-order valence-corrected chi connectivity index (χ0v) is 16.0. The van der Waals surface area contributed by atoms with Crippen molar-refractivity contribution in [1.29, 1.82) is 0 Å². The second kappa shape index (κ2) is 8.49. The third-order valence-corrected chi connectivity index (χ3v) is 6.54. The van der Waals surface area contributed by atoms with Crippen LogP contribution in [0.1, 0.15) is 35.2 Å². The molecular formula is C19H21N3O5S. The Morgan fingerprint density at radius 1 is 1.07 bits per heavy atom. The quantitative estimate of drug-likeness (QED) is 0.589. The molecule has 148 valence electrons. The molecule has 1 amide bonds. The van der Waals surface area contributed by atoms with Crippen molar-refractivity contribution in [3.05, 3.63) is 69.8 Å². The van der Waals surface area contributed by atoms with Crippen LogP contribution in [0.5, 0.6) is 0 Å². The fraction of sp³-hybridized carbons (Fsp3) is 0.316. The molecule has 0 aliphatic carbocycles. The Bertz CT molecular complexity index is 985. The number of sulfonamides is 1. The molecule has 2 aromatic carbocycles. The first kappa shape index (κ1) is 20.0. The molecule has 1 N–H and O–H groups in total. The first-order valence-corrected chi connectivity index (χ1v) is 10.4. The monoisotopic (exact) mass is 403 g/mol. The fourth-order valence-corrected chi connectivity index (χ4v) is 4.76. The predicted molar refractivity (Wildman–Crippen MR) is 103 cm³/mol. The molecule has 0 atom stereocenters. The van der Waals surface area contributed by atoms with Gasteiger partial charge in [0.05, 0.1) is 9.82 Å². The van der Waals surface area contributed by atoms with Gasteiger partial charge in [0.15, 0.2) is 0 Å². The summed E-state index contributed by atoms with van der Waals surface area (Å²) in [5.74, 6) is -0.586. The fourth-order valence-electron chi connectivity index (χ4n) is 3.17. The van der Waals surface area contributed by atoms with Crippen LogP contribution in [0.2, 0.25) is 0 Å². The van der Waals surface area contributed by atoms with Crippen LogP contribution in [0.4, 0.5) is 5.69 Å². The number of nitrogens with zero attached hydrogens (tertiary/aromatic N) is 2. The highest BCUT2D eigenvalue weighted by atomic mass is 32.2. The van der Waals surface area contributed by atoms with E-state index in [0.29, 0.717) is 18.7 Å². The van der Waals surface area contributed by atoms with Gasteiger partial charge in [-0.2, -0.15) is 4.31 Å². The van der Waals surface area contributed by atoms with Crippen LogP contribution in [0, 0.1) is 10.1 Å². The standard InChI is InChI=1S/C19H21N3O5S/c23-19(17-9-2-3-10-18(17)22(24)25)20-14-15-7-6-8-16(13-15)28(26,27)21-11-4-1-5-12-21/h2-3,6-10,13H,1,4-5,11-12,14H2,(H,20,23). The van der Waals surface area contributed by atoms with E-state index in [1.54, 1.807) is 18.2 Å². The maximum Gasteiger partial charge on any atom is 0.282 e. The topological polar surface area (TPSA) is 110 Å². The molecule has 0 radical (unpaired) electrons. The highest BCUT2D eigenvalue weighted by Gasteiger charge is 2.26. The molecular weight excluding hydrogens is 382 g/mol. The van der Waals surface area contributed by atoms with Crippen molar-refractivity contribution in [3.63, 3.8) is 0 Å². The molecule has 0 bridgehead atoms. The molecule has 1 aliphatic heterocycles. The SMILES string of the molecule is O=C(NCc1cccc(S(=O)(=O)N2CCCCC2)c1)c1ccccc1[N+](=O)[O-]. The van der Waals surface area contributed by atoms with Gasteiger partial charge < -0.3 is 5.32 Å². The van der Waals surface area contributed by atoms with Gasteiger partial charge in [0.25, 0.3) is 11.6 Å². The minimum absolute atomic E-state index is 0.0374. The minimum Gasteiger partial charge on any atom is -0.348 e. The summed E-state index contributed by atoms with van der Waals surface area (Å²) in [6, 6.07) is 12.1. The number of hydrogen-bond donors (Lipinski definition) is 1. The molecule has 1 fully saturated rings. The van der Waals surface area contributed by atoms with Gasteiger partial charge in [-0.1, -0.05) is 30.7 Å². The number of benzene rings is 2. The second-order valence-corrected chi connectivity index (χ2v) is 8.51. The van der Waals surface area contributed by atoms with Gasteiger partial charge in [-0.05, 0) is 36.6 Å². The third kappa shape index (κ3) is 4.37. The average Bonchev–Trinajstić information content (AvgIpc) is 2.72. The van der Waals surface area contributed by atoms with E-state index in [1.165, 1.54) is 34.6 Å². The van der Waals surface area contributed by atoms with Crippen molar-refractivity contribution in [2.24, 2.45) is 0 Å². The van der Waals surface area contributed by atoms with Crippen LogP contribution in [-0.4, -0.2) is 36.6 Å². The van der Waals surface area contributed by atoms with Crippen LogP contribution >= 0.6 is 0 Å². The molecule has 9 heteroatoms. The Balaban J connectivity index is 1.73. The van der Waals surface area contributed by atoms with Crippen molar-refractivity contribution in [3.8, 4) is 0 Å². The van der Waals surface area contributed by atoms with Crippen molar-refractivity contribution >= 4 is 21.6 Å². The number of nitro benzene ring substituents is 1. The summed E-state index contributed by atoms with van der Waals surface area (Å²) in [4.78, 5) is 23.0. The highest BCUT2D eigenvalue weighted by Crippen LogP contribution is 2.22. The predicted octanol–water partition coefficient (Wildman–Crippen LogP) is 2.70. The van der Waals surface area contributed by atoms with Crippen LogP contribution in [0.25, 0.3) is 0 Å². The molecule has 0 unspecified atom stereocenters.